The van der Waals surface area contributed by atoms with Gasteiger partial charge in [0.05, 0.1) is 18.1 Å². The zero-order valence-electron chi connectivity index (χ0n) is 6.33. The van der Waals surface area contributed by atoms with Crippen molar-refractivity contribution in [3.63, 3.8) is 0 Å². The lowest BCUT2D eigenvalue weighted by molar-refractivity contribution is 0.566. The number of nitrogens with zero attached hydrogens (tertiary/aromatic N) is 2. The molecule has 0 aromatic rings. The van der Waals surface area contributed by atoms with Gasteiger partial charge >= 0.3 is 0 Å². The Morgan fingerprint density at radius 2 is 2.00 bits per heavy atom. The molecule has 2 nitrogen and oxygen atoms in total. The minimum absolute atomic E-state index is 0.0355. The van der Waals surface area contributed by atoms with E-state index in [1.54, 1.807) is 0 Å². The summed E-state index contributed by atoms with van der Waals surface area (Å²) in [7, 11) is 0. The van der Waals surface area contributed by atoms with E-state index in [0.717, 1.165) is 19.3 Å². The van der Waals surface area contributed by atoms with Crippen LogP contribution in [0.5, 0.6) is 0 Å². The van der Waals surface area contributed by atoms with E-state index in [1.165, 1.54) is 0 Å². The van der Waals surface area contributed by atoms with E-state index in [0.29, 0.717) is 0 Å². The van der Waals surface area contributed by atoms with E-state index in [9.17, 15) is 0 Å². The lowest BCUT2D eigenvalue weighted by atomic mass is 10.00. The fourth-order valence-corrected chi connectivity index (χ4v) is 1.23. The molecule has 0 fully saturated rings. The van der Waals surface area contributed by atoms with Crippen LogP contribution in [0.2, 0.25) is 0 Å². The SMILES string of the molecule is N#CC1C=CCC(C#N)CC1. The van der Waals surface area contributed by atoms with Crippen LogP contribution >= 0.6 is 0 Å². The molecule has 2 heteroatoms. The summed E-state index contributed by atoms with van der Waals surface area (Å²) in [6.07, 6.45) is 6.38. The van der Waals surface area contributed by atoms with Crippen LogP contribution in [-0.4, -0.2) is 0 Å². The van der Waals surface area contributed by atoms with Crippen molar-refractivity contribution in [3.8, 4) is 12.1 Å². The van der Waals surface area contributed by atoms with E-state index >= 15 is 0 Å². The molecule has 1 rings (SSSR count). The Hall–Kier alpha value is -1.28. The first-order chi connectivity index (χ1) is 5.36. The zero-order chi connectivity index (χ0) is 8.10. The normalized spacial score (nSPS) is 30.0. The smallest absolute Gasteiger partial charge is 0.0697 e. The lowest BCUT2D eigenvalue weighted by Crippen LogP contribution is -1.95. The van der Waals surface area contributed by atoms with Crippen molar-refractivity contribution in [2.45, 2.75) is 19.3 Å². The van der Waals surface area contributed by atoms with Crippen LogP contribution in [0.3, 0.4) is 0 Å². The van der Waals surface area contributed by atoms with Gasteiger partial charge in [0, 0.05) is 5.92 Å². The molecule has 2 atom stereocenters. The van der Waals surface area contributed by atoms with Crippen LogP contribution in [0.1, 0.15) is 19.3 Å². The summed E-state index contributed by atoms with van der Waals surface area (Å²) in [6, 6.07) is 4.42. The molecular formula is C9H10N2. The number of rotatable bonds is 0. The second-order valence-electron chi connectivity index (χ2n) is 2.80. The molecule has 0 heterocycles. The molecule has 0 saturated heterocycles. The summed E-state index contributed by atoms with van der Waals surface area (Å²) in [4.78, 5) is 0. The van der Waals surface area contributed by atoms with Gasteiger partial charge in [0.15, 0.2) is 0 Å². The molecule has 0 aromatic carbocycles. The molecular weight excluding hydrogens is 136 g/mol. The first-order valence-corrected chi connectivity index (χ1v) is 3.82. The van der Waals surface area contributed by atoms with Crippen molar-refractivity contribution in [1.29, 1.82) is 10.5 Å². The lowest BCUT2D eigenvalue weighted by Gasteiger charge is -2.01. The molecule has 0 aliphatic heterocycles. The van der Waals surface area contributed by atoms with Crippen molar-refractivity contribution < 1.29 is 0 Å². The molecule has 1 aliphatic carbocycles. The molecule has 0 N–H and O–H groups in total. The largest absolute Gasteiger partial charge is 0.198 e. The van der Waals surface area contributed by atoms with Crippen molar-refractivity contribution in [3.05, 3.63) is 12.2 Å². The molecule has 0 radical (unpaired) electrons. The Bertz CT molecular complexity index is 229. The van der Waals surface area contributed by atoms with E-state index in [-0.39, 0.29) is 11.8 Å². The van der Waals surface area contributed by atoms with Gasteiger partial charge in [0.1, 0.15) is 0 Å². The quantitative estimate of drug-likeness (QED) is 0.491. The van der Waals surface area contributed by atoms with Gasteiger partial charge in [0.25, 0.3) is 0 Å². The number of hydrogen-bond acceptors (Lipinski definition) is 2. The van der Waals surface area contributed by atoms with Crippen LogP contribution < -0.4 is 0 Å². The van der Waals surface area contributed by atoms with Crippen LogP contribution in [0.4, 0.5) is 0 Å². The third-order valence-electron chi connectivity index (χ3n) is 1.96. The minimum atomic E-state index is 0.0355. The summed E-state index contributed by atoms with van der Waals surface area (Å²) in [6.45, 7) is 0. The van der Waals surface area contributed by atoms with Crippen LogP contribution in [-0.2, 0) is 0 Å². The minimum Gasteiger partial charge on any atom is -0.198 e. The molecule has 0 spiro atoms. The average molecular weight is 146 g/mol. The molecule has 56 valence electrons. The van der Waals surface area contributed by atoms with E-state index < -0.39 is 0 Å². The second-order valence-corrected chi connectivity index (χ2v) is 2.80. The first kappa shape index (κ1) is 7.82. The number of nitriles is 2. The summed E-state index contributed by atoms with van der Waals surface area (Å²) < 4.78 is 0. The molecule has 0 amide bonds. The Labute approximate surface area is 66.7 Å². The molecule has 1 aliphatic rings. The Morgan fingerprint density at radius 1 is 1.18 bits per heavy atom. The molecule has 0 aromatic heterocycles. The topological polar surface area (TPSA) is 47.6 Å². The van der Waals surface area contributed by atoms with Crippen molar-refractivity contribution >= 4 is 0 Å². The third-order valence-corrected chi connectivity index (χ3v) is 1.96. The second kappa shape index (κ2) is 3.78. The maximum Gasteiger partial charge on any atom is 0.0697 e. The Kier molecular flexibility index (Phi) is 2.69. The Balaban J connectivity index is 2.53. The van der Waals surface area contributed by atoms with Crippen molar-refractivity contribution in [2.24, 2.45) is 11.8 Å². The zero-order valence-corrected chi connectivity index (χ0v) is 6.33. The van der Waals surface area contributed by atoms with Gasteiger partial charge in [0.2, 0.25) is 0 Å². The summed E-state index contributed by atoms with van der Waals surface area (Å²) in [5.41, 5.74) is 0. The molecule has 2 unspecified atom stereocenters. The van der Waals surface area contributed by atoms with Gasteiger partial charge in [-0.3, -0.25) is 0 Å². The highest BCUT2D eigenvalue weighted by atomic mass is 14.3. The van der Waals surface area contributed by atoms with Gasteiger partial charge in [-0.25, -0.2) is 0 Å². The monoisotopic (exact) mass is 146 g/mol. The van der Waals surface area contributed by atoms with Crippen LogP contribution in [0, 0.1) is 34.5 Å². The predicted octanol–water partition coefficient (Wildman–Crippen LogP) is 2.01. The summed E-state index contributed by atoms with van der Waals surface area (Å²) in [5.74, 6) is 0.165. The van der Waals surface area contributed by atoms with Gasteiger partial charge < -0.3 is 0 Å². The highest BCUT2D eigenvalue weighted by Gasteiger charge is 2.13. The van der Waals surface area contributed by atoms with Crippen LogP contribution in [0.25, 0.3) is 0 Å². The fourth-order valence-electron chi connectivity index (χ4n) is 1.23. The third kappa shape index (κ3) is 2.09. The van der Waals surface area contributed by atoms with E-state index in [1.807, 2.05) is 12.2 Å². The molecule has 0 saturated carbocycles. The summed E-state index contributed by atoms with van der Waals surface area (Å²) in [5, 5.41) is 17.2. The number of allylic oxidation sites excluding steroid dienone is 2. The van der Waals surface area contributed by atoms with Gasteiger partial charge in [-0.05, 0) is 19.3 Å². The van der Waals surface area contributed by atoms with Crippen molar-refractivity contribution in [1.82, 2.24) is 0 Å². The van der Waals surface area contributed by atoms with E-state index in [4.69, 9.17) is 10.5 Å². The Morgan fingerprint density at radius 3 is 2.64 bits per heavy atom. The van der Waals surface area contributed by atoms with E-state index in [2.05, 4.69) is 12.1 Å². The van der Waals surface area contributed by atoms with Gasteiger partial charge in [-0.15, -0.1) is 0 Å². The maximum absolute atomic E-state index is 8.61. The highest BCUT2D eigenvalue weighted by molar-refractivity contribution is 5.05. The first-order valence-electron chi connectivity index (χ1n) is 3.82. The fraction of sp³-hybridized carbons (Fsp3) is 0.556. The molecule has 11 heavy (non-hydrogen) atoms. The van der Waals surface area contributed by atoms with Crippen LogP contribution in [0.15, 0.2) is 12.2 Å². The highest BCUT2D eigenvalue weighted by Crippen LogP contribution is 2.20. The standard InChI is InChI=1S/C9H10N2/c10-6-8-2-1-3-9(7-11)5-4-8/h1-2,8-9H,3-5H2. The number of hydrogen-bond donors (Lipinski definition) is 0. The predicted molar refractivity (Wildman–Crippen MR) is 41.2 cm³/mol. The van der Waals surface area contributed by atoms with Crippen molar-refractivity contribution in [2.75, 3.05) is 0 Å². The maximum atomic E-state index is 8.61. The van der Waals surface area contributed by atoms with Gasteiger partial charge in [-0.1, -0.05) is 12.2 Å². The van der Waals surface area contributed by atoms with Gasteiger partial charge in [-0.2, -0.15) is 10.5 Å². The molecule has 0 bridgehead atoms. The summed E-state index contributed by atoms with van der Waals surface area (Å²) >= 11 is 0. The average Bonchev–Trinajstić information content (AvgIpc) is 2.28.